The van der Waals surface area contributed by atoms with Gasteiger partial charge in [-0.3, -0.25) is 14.5 Å². The van der Waals surface area contributed by atoms with E-state index in [1.807, 2.05) is 86.8 Å². The zero-order valence-corrected chi connectivity index (χ0v) is 27.3. The van der Waals surface area contributed by atoms with E-state index in [2.05, 4.69) is 21.3 Å². The van der Waals surface area contributed by atoms with Crippen LogP contribution in [-0.4, -0.2) is 84.2 Å². The number of hydrogen-bond acceptors (Lipinski definition) is 9. The van der Waals surface area contributed by atoms with E-state index < -0.39 is 11.6 Å². The van der Waals surface area contributed by atoms with Gasteiger partial charge in [0.2, 0.25) is 5.91 Å². The third-order valence-electron chi connectivity index (χ3n) is 7.34. The van der Waals surface area contributed by atoms with Crippen molar-refractivity contribution in [3.63, 3.8) is 0 Å². The molecule has 1 aliphatic rings. The number of hydrogen-bond donors (Lipinski definition) is 1. The zero-order chi connectivity index (χ0) is 32.5. The maximum absolute atomic E-state index is 12.5. The number of carbonyl (C=O) groups excluding carboxylic acids is 3. The largest absolute Gasteiger partial charge is 0.492 e. The van der Waals surface area contributed by atoms with Crippen LogP contribution in [0, 0.1) is 0 Å². The predicted octanol–water partition coefficient (Wildman–Crippen LogP) is 5.30. The first-order chi connectivity index (χ1) is 22.1. The van der Waals surface area contributed by atoms with E-state index in [-0.39, 0.29) is 31.6 Å². The van der Waals surface area contributed by atoms with Gasteiger partial charge in [-0.25, -0.2) is 9.78 Å². The van der Waals surface area contributed by atoms with E-state index in [0.717, 1.165) is 52.3 Å². The highest BCUT2D eigenvalue weighted by atomic mass is 32.1. The van der Waals surface area contributed by atoms with Crippen LogP contribution in [0.15, 0.2) is 72.1 Å². The van der Waals surface area contributed by atoms with E-state index in [4.69, 9.17) is 14.2 Å². The van der Waals surface area contributed by atoms with E-state index in [1.54, 1.807) is 4.90 Å². The Morgan fingerprint density at radius 3 is 2.50 bits per heavy atom. The lowest BCUT2D eigenvalue weighted by Crippen LogP contribution is -2.50. The Balaban J connectivity index is 1.10. The monoisotopic (exact) mass is 644 g/mol. The van der Waals surface area contributed by atoms with Crippen LogP contribution in [0.25, 0.3) is 21.3 Å². The molecule has 0 aliphatic carbocycles. The molecular formula is C35H40N4O6S. The normalized spacial score (nSPS) is 13.8. The molecule has 3 aromatic carbocycles. The second-order valence-electron chi connectivity index (χ2n) is 12.1. The first kappa shape index (κ1) is 32.9. The van der Waals surface area contributed by atoms with Crippen LogP contribution in [0.1, 0.15) is 32.0 Å². The highest BCUT2D eigenvalue weighted by Crippen LogP contribution is 2.32. The molecule has 1 aliphatic heterocycles. The van der Waals surface area contributed by atoms with Crippen molar-refractivity contribution in [2.75, 3.05) is 45.9 Å². The Morgan fingerprint density at radius 1 is 0.957 bits per heavy atom. The minimum atomic E-state index is -0.500. The summed E-state index contributed by atoms with van der Waals surface area (Å²) < 4.78 is 17.0. The van der Waals surface area contributed by atoms with Crippen molar-refractivity contribution in [3.05, 3.63) is 83.4 Å². The number of rotatable bonds is 11. The van der Waals surface area contributed by atoms with E-state index >= 15 is 0 Å². The summed E-state index contributed by atoms with van der Waals surface area (Å²) in [4.78, 5) is 45.6. The molecule has 1 saturated heterocycles. The van der Waals surface area contributed by atoms with Crippen LogP contribution >= 0.6 is 11.3 Å². The van der Waals surface area contributed by atoms with E-state index in [1.165, 1.54) is 11.3 Å². The van der Waals surface area contributed by atoms with Gasteiger partial charge in [0, 0.05) is 49.1 Å². The lowest BCUT2D eigenvalue weighted by Gasteiger charge is -2.35. The maximum Gasteiger partial charge on any atom is 0.410 e. The van der Waals surface area contributed by atoms with Gasteiger partial charge in [0.15, 0.2) is 0 Å². The van der Waals surface area contributed by atoms with Crippen LogP contribution in [0.5, 0.6) is 5.75 Å². The van der Waals surface area contributed by atoms with Crippen LogP contribution in [0.4, 0.5) is 4.79 Å². The molecular weight excluding hydrogens is 604 g/mol. The van der Waals surface area contributed by atoms with Gasteiger partial charge in [-0.2, -0.15) is 0 Å². The molecule has 11 heteroatoms. The number of amides is 2. The summed E-state index contributed by atoms with van der Waals surface area (Å²) in [6.45, 7) is 9.67. The van der Waals surface area contributed by atoms with Crippen molar-refractivity contribution in [1.82, 2.24) is 20.1 Å². The summed E-state index contributed by atoms with van der Waals surface area (Å²) in [5.41, 5.74) is 1.95. The molecule has 4 aromatic rings. The second-order valence-corrected chi connectivity index (χ2v) is 13.0. The Bertz CT molecular complexity index is 1640. The van der Waals surface area contributed by atoms with E-state index in [0.29, 0.717) is 25.4 Å². The van der Waals surface area contributed by atoms with Gasteiger partial charge >= 0.3 is 12.1 Å². The summed E-state index contributed by atoms with van der Waals surface area (Å²) in [6.07, 6.45) is -0.196. The molecule has 10 nitrogen and oxygen atoms in total. The zero-order valence-electron chi connectivity index (χ0n) is 26.5. The fraction of sp³-hybridized carbons (Fsp3) is 0.371. The van der Waals surface area contributed by atoms with Gasteiger partial charge in [0.25, 0.3) is 0 Å². The van der Waals surface area contributed by atoms with Crippen molar-refractivity contribution in [1.29, 1.82) is 0 Å². The Labute approximate surface area is 273 Å². The first-order valence-corrected chi connectivity index (χ1v) is 16.3. The summed E-state index contributed by atoms with van der Waals surface area (Å²) in [5, 5.41) is 7.31. The molecule has 5 rings (SSSR count). The number of fused-ring (bicyclic) bond motifs is 1. The fourth-order valence-electron chi connectivity index (χ4n) is 4.98. The lowest BCUT2D eigenvalue weighted by molar-refractivity contribution is -0.145. The van der Waals surface area contributed by atoms with Crippen molar-refractivity contribution in [2.24, 2.45) is 0 Å². The molecule has 0 radical (unpaired) electrons. The van der Waals surface area contributed by atoms with Gasteiger partial charge in [-0.05, 0) is 43.9 Å². The highest BCUT2D eigenvalue weighted by Gasteiger charge is 2.25. The average Bonchev–Trinajstić information content (AvgIpc) is 3.51. The quantitative estimate of drug-likeness (QED) is 0.219. The molecule has 46 heavy (non-hydrogen) atoms. The summed E-state index contributed by atoms with van der Waals surface area (Å²) in [5.74, 6) is 0.00198. The van der Waals surface area contributed by atoms with Crippen molar-refractivity contribution in [3.8, 4) is 16.3 Å². The predicted molar refractivity (Wildman–Crippen MR) is 178 cm³/mol. The Hall–Kier alpha value is -4.48. The number of piperazine rings is 1. The van der Waals surface area contributed by atoms with Crippen molar-refractivity contribution >= 4 is 40.1 Å². The minimum absolute atomic E-state index is 0.0659. The number of aromatic nitrogens is 1. The third kappa shape index (κ3) is 9.51. The SMILES string of the molecule is CC(C)(C)OC(=O)N1CCN(CCOc2cccc3ccc(-c4nc(CC(=O)NCC(=O)OCc5ccccc5)cs4)cc23)CC1. The smallest absolute Gasteiger partial charge is 0.410 e. The summed E-state index contributed by atoms with van der Waals surface area (Å²) >= 11 is 1.46. The molecule has 1 aromatic heterocycles. The molecule has 1 N–H and O–H groups in total. The fourth-order valence-corrected chi connectivity index (χ4v) is 5.79. The van der Waals surface area contributed by atoms with Gasteiger partial charge in [0.1, 0.15) is 36.1 Å². The van der Waals surface area contributed by atoms with Gasteiger partial charge in [-0.15, -0.1) is 11.3 Å². The molecule has 1 fully saturated rings. The minimum Gasteiger partial charge on any atom is -0.492 e. The standard InChI is InChI=1S/C35H40N4O6S/c1-35(2,3)45-34(42)39-16-14-38(15-17-39)18-19-43-30-11-7-10-26-12-13-27(20-29(26)30)33-37-28(24-46-33)21-31(40)36-22-32(41)44-23-25-8-5-4-6-9-25/h4-13,20,24H,14-19,21-23H2,1-3H3,(H,36,40). The number of benzene rings is 3. The van der Waals surface area contributed by atoms with Crippen LogP contribution in [-0.2, 0) is 32.1 Å². The van der Waals surface area contributed by atoms with Crippen molar-refractivity contribution < 1.29 is 28.6 Å². The Morgan fingerprint density at radius 2 is 1.74 bits per heavy atom. The number of ether oxygens (including phenoxy) is 3. The average molecular weight is 645 g/mol. The number of nitrogens with one attached hydrogen (secondary N) is 1. The molecule has 242 valence electrons. The number of esters is 1. The summed E-state index contributed by atoms with van der Waals surface area (Å²) in [6, 6.07) is 21.5. The maximum atomic E-state index is 12.5. The number of carbonyl (C=O) groups is 3. The van der Waals surface area contributed by atoms with Crippen LogP contribution in [0.2, 0.25) is 0 Å². The molecule has 0 unspecified atom stereocenters. The number of thiazole rings is 1. The number of nitrogens with zero attached hydrogens (tertiary/aromatic N) is 3. The van der Waals surface area contributed by atoms with Gasteiger partial charge in [-0.1, -0.05) is 54.6 Å². The molecule has 2 amide bonds. The highest BCUT2D eigenvalue weighted by molar-refractivity contribution is 7.13. The van der Waals surface area contributed by atoms with Crippen molar-refractivity contribution in [2.45, 2.75) is 39.4 Å². The van der Waals surface area contributed by atoms with Gasteiger partial charge in [0.05, 0.1) is 12.1 Å². The second kappa shape index (κ2) is 15.2. The Kier molecular flexibility index (Phi) is 10.9. The third-order valence-corrected chi connectivity index (χ3v) is 8.28. The molecule has 0 atom stereocenters. The topological polar surface area (TPSA) is 110 Å². The molecule has 0 saturated carbocycles. The van der Waals surface area contributed by atoms with Crippen LogP contribution < -0.4 is 10.1 Å². The molecule has 0 bridgehead atoms. The molecule has 0 spiro atoms. The van der Waals surface area contributed by atoms with E-state index in [9.17, 15) is 14.4 Å². The van der Waals surface area contributed by atoms with Crippen LogP contribution in [0.3, 0.4) is 0 Å². The lowest BCUT2D eigenvalue weighted by atomic mass is 10.1. The summed E-state index contributed by atoms with van der Waals surface area (Å²) in [7, 11) is 0. The first-order valence-electron chi connectivity index (χ1n) is 15.4. The van der Waals surface area contributed by atoms with Gasteiger partial charge < -0.3 is 24.4 Å². The molecule has 2 heterocycles.